The van der Waals surface area contributed by atoms with Crippen molar-refractivity contribution in [3.8, 4) is 0 Å². The van der Waals surface area contributed by atoms with E-state index in [1.807, 2.05) is 13.8 Å². The molecule has 0 unspecified atom stereocenters. The van der Waals surface area contributed by atoms with Crippen LogP contribution in [0.5, 0.6) is 0 Å². The Kier molecular flexibility index (Phi) is 6.44. The van der Waals surface area contributed by atoms with E-state index < -0.39 is 0 Å². The SMILES string of the molecule is CC(C)CN(CCC(N)=NO)C(=O)c1cncc(Br)c1. The molecule has 110 valence electrons. The monoisotopic (exact) mass is 342 g/mol. The summed E-state index contributed by atoms with van der Waals surface area (Å²) in [5.41, 5.74) is 5.97. The number of hydrogen-bond acceptors (Lipinski definition) is 4. The zero-order valence-corrected chi connectivity index (χ0v) is 13.2. The standard InChI is InChI=1S/C13H19BrN4O2/c1-9(2)8-18(4-3-12(15)17-20)13(19)10-5-11(14)7-16-6-10/h5-7,9,20H,3-4,8H2,1-2H3,(H2,15,17). The van der Waals surface area contributed by atoms with Crippen LogP contribution >= 0.6 is 15.9 Å². The molecule has 0 bridgehead atoms. The maximum atomic E-state index is 12.5. The first-order valence-corrected chi connectivity index (χ1v) is 7.09. The van der Waals surface area contributed by atoms with Gasteiger partial charge in [0.1, 0.15) is 5.84 Å². The van der Waals surface area contributed by atoms with Gasteiger partial charge >= 0.3 is 0 Å². The fraction of sp³-hybridized carbons (Fsp3) is 0.462. The number of halogens is 1. The summed E-state index contributed by atoms with van der Waals surface area (Å²) in [7, 11) is 0. The smallest absolute Gasteiger partial charge is 0.255 e. The molecule has 0 fully saturated rings. The van der Waals surface area contributed by atoms with E-state index in [1.165, 1.54) is 6.20 Å². The molecule has 3 N–H and O–H groups in total. The number of nitrogens with zero attached hydrogens (tertiary/aromatic N) is 3. The van der Waals surface area contributed by atoms with Gasteiger partial charge in [-0.3, -0.25) is 9.78 Å². The Morgan fingerprint density at radius 3 is 2.80 bits per heavy atom. The number of carbonyl (C=O) groups excluding carboxylic acids is 1. The van der Waals surface area contributed by atoms with Crippen molar-refractivity contribution in [3.05, 3.63) is 28.5 Å². The maximum absolute atomic E-state index is 12.5. The van der Waals surface area contributed by atoms with E-state index in [0.29, 0.717) is 31.0 Å². The molecule has 1 aromatic rings. The number of pyridine rings is 1. The van der Waals surface area contributed by atoms with E-state index in [9.17, 15) is 4.79 Å². The zero-order chi connectivity index (χ0) is 15.1. The summed E-state index contributed by atoms with van der Waals surface area (Å²) in [4.78, 5) is 18.1. The Hall–Kier alpha value is -1.63. The topological polar surface area (TPSA) is 91.8 Å². The van der Waals surface area contributed by atoms with Crippen LogP contribution in [-0.2, 0) is 0 Å². The predicted molar refractivity (Wildman–Crippen MR) is 80.7 cm³/mol. The van der Waals surface area contributed by atoms with Crippen molar-refractivity contribution < 1.29 is 10.0 Å². The highest BCUT2D eigenvalue weighted by Gasteiger charge is 2.17. The average molecular weight is 343 g/mol. The molecular formula is C13H19BrN4O2. The van der Waals surface area contributed by atoms with Crippen LogP contribution in [0.4, 0.5) is 0 Å². The lowest BCUT2D eigenvalue weighted by Crippen LogP contribution is -2.36. The first kappa shape index (κ1) is 16.4. The molecule has 1 aromatic heterocycles. The van der Waals surface area contributed by atoms with Crippen molar-refractivity contribution in [2.75, 3.05) is 13.1 Å². The van der Waals surface area contributed by atoms with Crippen molar-refractivity contribution in [2.45, 2.75) is 20.3 Å². The Bertz CT molecular complexity index is 491. The third-order valence-corrected chi connectivity index (χ3v) is 3.02. The molecule has 0 aliphatic heterocycles. The predicted octanol–water partition coefficient (Wildman–Crippen LogP) is 2.08. The highest BCUT2D eigenvalue weighted by atomic mass is 79.9. The molecule has 0 aromatic carbocycles. The van der Waals surface area contributed by atoms with Crippen molar-refractivity contribution in [3.63, 3.8) is 0 Å². The summed E-state index contributed by atoms with van der Waals surface area (Å²) in [5, 5.41) is 11.5. The lowest BCUT2D eigenvalue weighted by Gasteiger charge is -2.24. The number of aromatic nitrogens is 1. The molecular weight excluding hydrogens is 324 g/mol. The summed E-state index contributed by atoms with van der Waals surface area (Å²) in [6, 6.07) is 1.73. The van der Waals surface area contributed by atoms with Gasteiger partial charge < -0.3 is 15.8 Å². The van der Waals surface area contributed by atoms with E-state index >= 15 is 0 Å². The molecule has 0 radical (unpaired) electrons. The second-order valence-corrected chi connectivity index (χ2v) is 5.79. The average Bonchev–Trinajstić information content (AvgIpc) is 2.41. The normalized spacial score (nSPS) is 11.7. The minimum Gasteiger partial charge on any atom is -0.409 e. The van der Waals surface area contributed by atoms with Crippen molar-refractivity contribution >= 4 is 27.7 Å². The fourth-order valence-electron chi connectivity index (χ4n) is 1.73. The van der Waals surface area contributed by atoms with Gasteiger partial charge in [0.15, 0.2) is 0 Å². The lowest BCUT2D eigenvalue weighted by molar-refractivity contribution is 0.0740. The van der Waals surface area contributed by atoms with Gasteiger partial charge in [-0.05, 0) is 27.9 Å². The molecule has 0 aliphatic carbocycles. The van der Waals surface area contributed by atoms with E-state index in [1.54, 1.807) is 17.2 Å². The highest BCUT2D eigenvalue weighted by Crippen LogP contribution is 2.13. The highest BCUT2D eigenvalue weighted by molar-refractivity contribution is 9.10. The number of oxime groups is 1. The number of carbonyl (C=O) groups is 1. The van der Waals surface area contributed by atoms with Crippen LogP contribution in [0.15, 0.2) is 28.1 Å². The molecule has 0 aliphatic rings. The zero-order valence-electron chi connectivity index (χ0n) is 11.6. The van der Waals surface area contributed by atoms with Crippen LogP contribution in [-0.4, -0.2) is 39.9 Å². The van der Waals surface area contributed by atoms with Crippen LogP contribution in [0.2, 0.25) is 0 Å². The molecule has 0 spiro atoms. The summed E-state index contributed by atoms with van der Waals surface area (Å²) in [5.74, 6) is 0.323. The minimum absolute atomic E-state index is 0.110. The maximum Gasteiger partial charge on any atom is 0.255 e. The molecule has 7 heteroatoms. The van der Waals surface area contributed by atoms with Crippen molar-refractivity contribution in [1.82, 2.24) is 9.88 Å². The van der Waals surface area contributed by atoms with Gasteiger partial charge in [0.2, 0.25) is 0 Å². The van der Waals surface area contributed by atoms with Gasteiger partial charge in [0, 0.05) is 36.4 Å². The summed E-state index contributed by atoms with van der Waals surface area (Å²) in [6.45, 7) is 5.06. The summed E-state index contributed by atoms with van der Waals surface area (Å²) >= 11 is 3.30. The Balaban J connectivity index is 2.84. The van der Waals surface area contributed by atoms with E-state index in [-0.39, 0.29) is 11.7 Å². The van der Waals surface area contributed by atoms with Crippen LogP contribution < -0.4 is 5.73 Å². The molecule has 20 heavy (non-hydrogen) atoms. The Labute approximate surface area is 126 Å². The number of amidine groups is 1. The minimum atomic E-state index is -0.113. The third-order valence-electron chi connectivity index (χ3n) is 2.59. The number of nitrogens with two attached hydrogens (primary N) is 1. The van der Waals surface area contributed by atoms with Crippen LogP contribution in [0.1, 0.15) is 30.6 Å². The molecule has 0 atom stereocenters. The van der Waals surface area contributed by atoms with E-state index in [4.69, 9.17) is 10.9 Å². The number of amides is 1. The second-order valence-electron chi connectivity index (χ2n) is 4.88. The number of rotatable bonds is 6. The number of hydrogen-bond donors (Lipinski definition) is 2. The largest absolute Gasteiger partial charge is 0.409 e. The molecule has 6 nitrogen and oxygen atoms in total. The molecule has 1 rings (SSSR count). The first-order chi connectivity index (χ1) is 9.43. The van der Waals surface area contributed by atoms with Crippen LogP contribution in [0.25, 0.3) is 0 Å². The van der Waals surface area contributed by atoms with Gasteiger partial charge in [0.25, 0.3) is 5.91 Å². The Morgan fingerprint density at radius 1 is 1.55 bits per heavy atom. The van der Waals surface area contributed by atoms with Gasteiger partial charge in [0.05, 0.1) is 5.56 Å². The molecule has 0 saturated carbocycles. The second kappa shape index (κ2) is 7.84. The lowest BCUT2D eigenvalue weighted by atomic mass is 10.1. The molecule has 1 heterocycles. The van der Waals surface area contributed by atoms with Crippen molar-refractivity contribution in [2.24, 2.45) is 16.8 Å². The molecule has 1 amide bonds. The van der Waals surface area contributed by atoms with Crippen LogP contribution in [0.3, 0.4) is 0 Å². The summed E-state index contributed by atoms with van der Waals surface area (Å²) in [6.07, 6.45) is 3.49. The fourth-order valence-corrected chi connectivity index (χ4v) is 2.09. The third kappa shape index (κ3) is 5.16. The summed E-state index contributed by atoms with van der Waals surface area (Å²) < 4.78 is 0.754. The van der Waals surface area contributed by atoms with Crippen LogP contribution in [0, 0.1) is 5.92 Å². The van der Waals surface area contributed by atoms with E-state index in [0.717, 1.165) is 4.47 Å². The van der Waals surface area contributed by atoms with Gasteiger partial charge in [-0.2, -0.15) is 0 Å². The molecule has 0 saturated heterocycles. The van der Waals surface area contributed by atoms with Gasteiger partial charge in [-0.15, -0.1) is 0 Å². The Morgan fingerprint density at radius 2 is 2.25 bits per heavy atom. The van der Waals surface area contributed by atoms with Crippen molar-refractivity contribution in [1.29, 1.82) is 0 Å². The quantitative estimate of drug-likeness (QED) is 0.358. The van der Waals surface area contributed by atoms with Gasteiger partial charge in [-0.1, -0.05) is 19.0 Å². The van der Waals surface area contributed by atoms with Gasteiger partial charge in [-0.25, -0.2) is 0 Å². The first-order valence-electron chi connectivity index (χ1n) is 6.30. The van der Waals surface area contributed by atoms with E-state index in [2.05, 4.69) is 26.1 Å².